The average Bonchev–Trinajstić information content (AvgIpc) is 2.71. The number of amides is 1. The third-order valence-corrected chi connectivity index (χ3v) is 3.42. The van der Waals surface area contributed by atoms with Crippen molar-refractivity contribution in [2.45, 2.75) is 26.2 Å². The molecular formula is C10H18N2O. The zero-order chi connectivity index (χ0) is 9.47. The van der Waals surface area contributed by atoms with Crippen LogP contribution in [-0.4, -0.2) is 30.4 Å². The van der Waals surface area contributed by atoms with E-state index < -0.39 is 0 Å². The van der Waals surface area contributed by atoms with Crippen molar-refractivity contribution in [2.24, 2.45) is 17.1 Å². The van der Waals surface area contributed by atoms with Gasteiger partial charge < -0.3 is 10.6 Å². The molecule has 0 aromatic carbocycles. The van der Waals surface area contributed by atoms with Gasteiger partial charge in [-0.2, -0.15) is 0 Å². The van der Waals surface area contributed by atoms with Gasteiger partial charge in [-0.1, -0.05) is 6.92 Å². The summed E-state index contributed by atoms with van der Waals surface area (Å²) in [5.41, 5.74) is 5.59. The van der Waals surface area contributed by atoms with Gasteiger partial charge in [-0.15, -0.1) is 0 Å². The Labute approximate surface area is 79.3 Å². The van der Waals surface area contributed by atoms with Crippen LogP contribution in [0.3, 0.4) is 0 Å². The standard InChI is InChI=1S/C10H18N2O/c1-10(3-4-10)9(13)12-5-2-8(6-11)7-12/h8H,2-7,11H2,1H3/t8-/m0/s1. The maximum atomic E-state index is 11.9. The highest BCUT2D eigenvalue weighted by Crippen LogP contribution is 2.47. The second kappa shape index (κ2) is 2.98. The smallest absolute Gasteiger partial charge is 0.228 e. The molecule has 2 fully saturated rings. The summed E-state index contributed by atoms with van der Waals surface area (Å²) in [6.07, 6.45) is 3.25. The highest BCUT2D eigenvalue weighted by molar-refractivity contribution is 5.85. The van der Waals surface area contributed by atoms with Crippen LogP contribution in [0, 0.1) is 11.3 Å². The van der Waals surface area contributed by atoms with Crippen molar-refractivity contribution in [3.8, 4) is 0 Å². The Kier molecular flexibility index (Phi) is 2.06. The molecule has 3 nitrogen and oxygen atoms in total. The van der Waals surface area contributed by atoms with Gasteiger partial charge in [-0.25, -0.2) is 0 Å². The summed E-state index contributed by atoms with van der Waals surface area (Å²) in [7, 11) is 0. The van der Waals surface area contributed by atoms with Gasteiger partial charge in [0.1, 0.15) is 0 Å². The van der Waals surface area contributed by atoms with Crippen LogP contribution < -0.4 is 5.73 Å². The SMILES string of the molecule is CC1(C(=O)N2CC[C@@H](CN)C2)CC1. The van der Waals surface area contributed by atoms with E-state index in [1.807, 2.05) is 4.90 Å². The number of hydrogen-bond donors (Lipinski definition) is 1. The molecule has 1 aliphatic heterocycles. The number of carbonyl (C=O) groups excluding carboxylic acids is 1. The third-order valence-electron chi connectivity index (χ3n) is 3.42. The quantitative estimate of drug-likeness (QED) is 0.679. The van der Waals surface area contributed by atoms with Crippen LogP contribution in [0.5, 0.6) is 0 Å². The van der Waals surface area contributed by atoms with Crippen LogP contribution >= 0.6 is 0 Å². The van der Waals surface area contributed by atoms with E-state index in [9.17, 15) is 4.79 Å². The highest BCUT2D eigenvalue weighted by Gasteiger charge is 2.48. The fourth-order valence-corrected chi connectivity index (χ4v) is 1.99. The van der Waals surface area contributed by atoms with Gasteiger partial charge in [0.25, 0.3) is 0 Å². The molecule has 0 unspecified atom stereocenters. The molecule has 0 spiro atoms. The monoisotopic (exact) mass is 182 g/mol. The van der Waals surface area contributed by atoms with Gasteiger partial charge in [0.15, 0.2) is 0 Å². The Morgan fingerprint density at radius 1 is 1.62 bits per heavy atom. The number of likely N-dealkylation sites (tertiary alicyclic amines) is 1. The van der Waals surface area contributed by atoms with Crippen molar-refractivity contribution >= 4 is 5.91 Å². The van der Waals surface area contributed by atoms with Crippen LogP contribution in [0.25, 0.3) is 0 Å². The van der Waals surface area contributed by atoms with Crippen LogP contribution in [0.1, 0.15) is 26.2 Å². The largest absolute Gasteiger partial charge is 0.342 e. The summed E-state index contributed by atoms with van der Waals surface area (Å²) in [5.74, 6) is 0.912. The normalized spacial score (nSPS) is 30.6. The molecule has 2 N–H and O–H groups in total. The molecule has 2 rings (SSSR count). The highest BCUT2D eigenvalue weighted by atomic mass is 16.2. The molecule has 0 radical (unpaired) electrons. The van der Waals surface area contributed by atoms with E-state index in [2.05, 4.69) is 6.92 Å². The van der Waals surface area contributed by atoms with E-state index in [1.165, 1.54) is 0 Å². The van der Waals surface area contributed by atoms with Crippen molar-refractivity contribution < 1.29 is 4.79 Å². The van der Waals surface area contributed by atoms with Crippen LogP contribution in [0.15, 0.2) is 0 Å². The van der Waals surface area contributed by atoms with E-state index in [-0.39, 0.29) is 5.41 Å². The Morgan fingerprint density at radius 3 is 2.77 bits per heavy atom. The minimum absolute atomic E-state index is 0.00346. The lowest BCUT2D eigenvalue weighted by Crippen LogP contribution is -2.34. The summed E-state index contributed by atoms with van der Waals surface area (Å²) < 4.78 is 0. The van der Waals surface area contributed by atoms with Crippen molar-refractivity contribution in [1.82, 2.24) is 4.90 Å². The molecular weight excluding hydrogens is 164 g/mol. The van der Waals surface area contributed by atoms with Gasteiger partial charge >= 0.3 is 0 Å². The molecule has 1 saturated carbocycles. The first kappa shape index (κ1) is 9.00. The summed E-state index contributed by atoms with van der Waals surface area (Å²) in [6, 6.07) is 0. The molecule has 1 aliphatic carbocycles. The summed E-state index contributed by atoms with van der Waals surface area (Å²) >= 11 is 0. The van der Waals surface area contributed by atoms with Gasteiger partial charge in [-0.3, -0.25) is 4.79 Å². The average molecular weight is 182 g/mol. The molecule has 0 bridgehead atoms. The lowest BCUT2D eigenvalue weighted by atomic mass is 10.1. The van der Waals surface area contributed by atoms with Crippen molar-refractivity contribution in [2.75, 3.05) is 19.6 Å². The van der Waals surface area contributed by atoms with Gasteiger partial charge in [0, 0.05) is 18.5 Å². The minimum atomic E-state index is 0.00346. The van der Waals surface area contributed by atoms with Crippen LogP contribution in [-0.2, 0) is 4.79 Å². The second-order valence-corrected chi connectivity index (χ2v) is 4.70. The molecule has 1 atom stereocenters. The number of carbonyl (C=O) groups is 1. The Balaban J connectivity index is 1.92. The fourth-order valence-electron chi connectivity index (χ4n) is 1.99. The lowest BCUT2D eigenvalue weighted by Gasteiger charge is -2.20. The molecule has 1 heterocycles. The number of nitrogens with zero attached hydrogens (tertiary/aromatic N) is 1. The van der Waals surface area contributed by atoms with E-state index in [4.69, 9.17) is 5.73 Å². The fraction of sp³-hybridized carbons (Fsp3) is 0.900. The summed E-state index contributed by atoms with van der Waals surface area (Å²) in [6.45, 7) is 4.62. The van der Waals surface area contributed by atoms with E-state index >= 15 is 0 Å². The van der Waals surface area contributed by atoms with Crippen LogP contribution in [0.4, 0.5) is 0 Å². The summed E-state index contributed by atoms with van der Waals surface area (Å²) in [5, 5.41) is 0. The van der Waals surface area contributed by atoms with Crippen molar-refractivity contribution in [1.29, 1.82) is 0 Å². The Bertz CT molecular complexity index is 223. The number of rotatable bonds is 2. The zero-order valence-corrected chi connectivity index (χ0v) is 8.25. The molecule has 1 amide bonds. The van der Waals surface area contributed by atoms with E-state index in [0.717, 1.165) is 38.9 Å². The van der Waals surface area contributed by atoms with Gasteiger partial charge in [-0.05, 0) is 31.7 Å². The predicted octanol–water partition coefficient (Wildman–Crippen LogP) is 0.594. The van der Waals surface area contributed by atoms with Gasteiger partial charge in [0.2, 0.25) is 5.91 Å². The lowest BCUT2D eigenvalue weighted by molar-refractivity contribution is -0.135. The zero-order valence-electron chi connectivity index (χ0n) is 8.25. The van der Waals surface area contributed by atoms with Crippen LogP contribution in [0.2, 0.25) is 0 Å². The van der Waals surface area contributed by atoms with E-state index in [1.54, 1.807) is 0 Å². The molecule has 1 saturated heterocycles. The maximum Gasteiger partial charge on any atom is 0.228 e. The molecule has 2 aliphatic rings. The van der Waals surface area contributed by atoms with E-state index in [0.29, 0.717) is 11.8 Å². The van der Waals surface area contributed by atoms with Crippen molar-refractivity contribution in [3.63, 3.8) is 0 Å². The first-order chi connectivity index (χ1) is 6.15. The number of nitrogens with two attached hydrogens (primary N) is 1. The molecule has 0 aromatic rings. The first-order valence-corrected chi connectivity index (χ1v) is 5.15. The van der Waals surface area contributed by atoms with Gasteiger partial charge in [0.05, 0.1) is 0 Å². The summed E-state index contributed by atoms with van der Waals surface area (Å²) in [4.78, 5) is 13.9. The molecule has 0 aromatic heterocycles. The predicted molar refractivity (Wildman–Crippen MR) is 51.1 cm³/mol. The second-order valence-electron chi connectivity index (χ2n) is 4.70. The minimum Gasteiger partial charge on any atom is -0.342 e. The number of hydrogen-bond acceptors (Lipinski definition) is 2. The Morgan fingerprint density at radius 2 is 2.31 bits per heavy atom. The molecule has 13 heavy (non-hydrogen) atoms. The Hall–Kier alpha value is -0.570. The molecule has 3 heteroatoms. The first-order valence-electron chi connectivity index (χ1n) is 5.15. The molecule has 74 valence electrons. The van der Waals surface area contributed by atoms with Crippen molar-refractivity contribution in [3.05, 3.63) is 0 Å². The third kappa shape index (κ3) is 1.57. The maximum absolute atomic E-state index is 11.9. The topological polar surface area (TPSA) is 46.3 Å².